The lowest BCUT2D eigenvalue weighted by atomic mass is 9.98. The van der Waals surface area contributed by atoms with Gasteiger partial charge in [-0.2, -0.15) is 0 Å². The minimum atomic E-state index is -0.977. The topological polar surface area (TPSA) is 93.1 Å². The largest absolute Gasteiger partial charge is 0.508 e. The molecule has 1 rings (SSSR count). The molecule has 0 radical (unpaired) electrons. The van der Waals surface area contributed by atoms with Gasteiger partial charge in [-0.05, 0) is 18.1 Å². The Morgan fingerprint density at radius 3 is 2.42 bits per heavy atom. The summed E-state index contributed by atoms with van der Waals surface area (Å²) in [5.74, 6) is -2.20. The molecule has 1 aromatic carbocycles. The lowest BCUT2D eigenvalue weighted by Gasteiger charge is -2.13. The van der Waals surface area contributed by atoms with E-state index in [1.807, 2.05) is 0 Å². The van der Waals surface area contributed by atoms with Crippen LogP contribution in [0.5, 0.6) is 11.5 Å². The molecule has 6 nitrogen and oxygen atoms in total. The van der Waals surface area contributed by atoms with Crippen molar-refractivity contribution in [2.24, 2.45) is 5.92 Å². The van der Waals surface area contributed by atoms with Crippen molar-refractivity contribution < 1.29 is 29.3 Å². The number of phenolic OH excluding ortho intramolecular Hbond substituents is 1. The Hall–Kier alpha value is -2.24. The molecule has 104 valence electrons. The number of rotatable bonds is 5. The van der Waals surface area contributed by atoms with Crippen LogP contribution in [-0.2, 0) is 16.0 Å². The second kappa shape index (κ2) is 6.08. The van der Waals surface area contributed by atoms with Crippen molar-refractivity contribution in [2.75, 3.05) is 14.2 Å². The number of phenols is 1. The zero-order chi connectivity index (χ0) is 14.6. The van der Waals surface area contributed by atoms with Crippen LogP contribution in [0.1, 0.15) is 22.8 Å². The molecule has 0 bridgehead atoms. The van der Waals surface area contributed by atoms with E-state index in [0.29, 0.717) is 5.56 Å². The van der Waals surface area contributed by atoms with Gasteiger partial charge >= 0.3 is 11.9 Å². The lowest BCUT2D eigenvalue weighted by molar-refractivity contribution is -0.141. The van der Waals surface area contributed by atoms with Gasteiger partial charge in [-0.25, -0.2) is 4.79 Å². The van der Waals surface area contributed by atoms with E-state index in [4.69, 9.17) is 9.84 Å². The molecule has 0 spiro atoms. The Morgan fingerprint density at radius 2 is 1.95 bits per heavy atom. The van der Waals surface area contributed by atoms with Crippen LogP contribution in [0.25, 0.3) is 0 Å². The molecule has 0 aliphatic carbocycles. The minimum absolute atomic E-state index is 0.106. The monoisotopic (exact) mass is 268 g/mol. The van der Waals surface area contributed by atoms with Crippen LogP contribution in [0, 0.1) is 5.92 Å². The average Bonchev–Trinajstić information content (AvgIpc) is 2.39. The second-order valence-electron chi connectivity index (χ2n) is 4.12. The Balaban J connectivity index is 3.19. The van der Waals surface area contributed by atoms with Crippen molar-refractivity contribution in [2.45, 2.75) is 13.3 Å². The van der Waals surface area contributed by atoms with Crippen LogP contribution < -0.4 is 4.74 Å². The maximum Gasteiger partial charge on any atom is 0.341 e. The van der Waals surface area contributed by atoms with Crippen molar-refractivity contribution in [3.63, 3.8) is 0 Å². The fourth-order valence-corrected chi connectivity index (χ4v) is 1.63. The number of aliphatic carboxylic acids is 1. The molecule has 1 unspecified atom stereocenters. The predicted octanol–water partition coefficient (Wildman–Crippen LogP) is 1.45. The quantitative estimate of drug-likeness (QED) is 0.785. The summed E-state index contributed by atoms with van der Waals surface area (Å²) >= 11 is 0. The number of carbonyl (C=O) groups is 2. The SMILES string of the molecule is COC(=O)c1cc(CC(C)C(=O)O)c(O)cc1OC. The highest BCUT2D eigenvalue weighted by molar-refractivity contribution is 5.93. The number of methoxy groups -OCH3 is 2. The Labute approximate surface area is 110 Å². The molecule has 0 heterocycles. The Bertz CT molecular complexity index is 494. The molecule has 19 heavy (non-hydrogen) atoms. The fourth-order valence-electron chi connectivity index (χ4n) is 1.63. The summed E-state index contributed by atoms with van der Waals surface area (Å²) in [6, 6.07) is 2.66. The standard InChI is InChI=1S/C13H16O6/c1-7(12(15)16)4-8-5-9(13(17)19-3)11(18-2)6-10(8)14/h5-7,14H,4H2,1-3H3,(H,15,16). The van der Waals surface area contributed by atoms with Gasteiger partial charge in [0, 0.05) is 6.07 Å². The molecule has 0 aromatic heterocycles. The summed E-state index contributed by atoms with van der Waals surface area (Å²) in [5.41, 5.74) is 0.506. The Morgan fingerprint density at radius 1 is 1.32 bits per heavy atom. The number of esters is 1. The number of carboxylic acids is 1. The van der Waals surface area contributed by atoms with Gasteiger partial charge in [0.25, 0.3) is 0 Å². The molecule has 2 N–H and O–H groups in total. The average molecular weight is 268 g/mol. The molecule has 6 heteroatoms. The van der Waals surface area contributed by atoms with Crippen molar-refractivity contribution in [1.29, 1.82) is 0 Å². The highest BCUT2D eigenvalue weighted by Crippen LogP contribution is 2.30. The first-order valence-electron chi connectivity index (χ1n) is 5.61. The molecule has 0 saturated carbocycles. The van der Waals surface area contributed by atoms with Gasteiger partial charge in [-0.3, -0.25) is 4.79 Å². The number of benzene rings is 1. The minimum Gasteiger partial charge on any atom is -0.508 e. The number of hydrogen-bond donors (Lipinski definition) is 2. The van der Waals surface area contributed by atoms with Gasteiger partial charge in [0.2, 0.25) is 0 Å². The molecule has 1 atom stereocenters. The van der Waals surface area contributed by atoms with Crippen molar-refractivity contribution in [3.8, 4) is 11.5 Å². The van der Waals surface area contributed by atoms with Gasteiger partial charge in [0.15, 0.2) is 0 Å². The van der Waals surface area contributed by atoms with Gasteiger partial charge < -0.3 is 19.7 Å². The van der Waals surface area contributed by atoms with E-state index in [2.05, 4.69) is 4.74 Å². The van der Waals surface area contributed by atoms with E-state index in [1.54, 1.807) is 0 Å². The normalized spacial score (nSPS) is 11.7. The van der Waals surface area contributed by atoms with Gasteiger partial charge in [-0.15, -0.1) is 0 Å². The zero-order valence-electron chi connectivity index (χ0n) is 11.0. The summed E-state index contributed by atoms with van der Waals surface area (Å²) in [7, 11) is 2.59. The first-order chi connectivity index (χ1) is 8.90. The number of ether oxygens (including phenoxy) is 2. The molecular weight excluding hydrogens is 252 g/mol. The van der Waals surface area contributed by atoms with Crippen molar-refractivity contribution >= 4 is 11.9 Å². The van der Waals surface area contributed by atoms with E-state index in [-0.39, 0.29) is 23.5 Å². The molecule has 0 fully saturated rings. The molecule has 0 saturated heterocycles. The maximum absolute atomic E-state index is 11.6. The lowest BCUT2D eigenvalue weighted by Crippen LogP contribution is -2.13. The van der Waals surface area contributed by atoms with E-state index in [1.165, 1.54) is 33.3 Å². The third kappa shape index (κ3) is 3.37. The molecule has 0 aliphatic heterocycles. The van der Waals surface area contributed by atoms with E-state index in [0.717, 1.165) is 0 Å². The van der Waals surface area contributed by atoms with Crippen LogP contribution in [0.15, 0.2) is 12.1 Å². The highest BCUT2D eigenvalue weighted by atomic mass is 16.5. The van der Waals surface area contributed by atoms with E-state index < -0.39 is 17.9 Å². The summed E-state index contributed by atoms with van der Waals surface area (Å²) in [6.07, 6.45) is 0.106. The second-order valence-corrected chi connectivity index (χ2v) is 4.12. The van der Waals surface area contributed by atoms with E-state index in [9.17, 15) is 14.7 Å². The molecule has 0 aliphatic rings. The van der Waals surface area contributed by atoms with Crippen LogP contribution in [0.4, 0.5) is 0 Å². The smallest absolute Gasteiger partial charge is 0.341 e. The zero-order valence-corrected chi connectivity index (χ0v) is 11.0. The highest BCUT2D eigenvalue weighted by Gasteiger charge is 2.20. The third-order valence-corrected chi connectivity index (χ3v) is 2.75. The van der Waals surface area contributed by atoms with Crippen molar-refractivity contribution in [1.82, 2.24) is 0 Å². The third-order valence-electron chi connectivity index (χ3n) is 2.75. The first kappa shape index (κ1) is 14.8. The summed E-state index contributed by atoms with van der Waals surface area (Å²) in [4.78, 5) is 22.4. The predicted molar refractivity (Wildman–Crippen MR) is 66.5 cm³/mol. The van der Waals surface area contributed by atoms with E-state index >= 15 is 0 Å². The molecule has 1 aromatic rings. The fraction of sp³-hybridized carbons (Fsp3) is 0.385. The van der Waals surface area contributed by atoms with Gasteiger partial charge in [0.1, 0.15) is 17.1 Å². The Kier molecular flexibility index (Phi) is 4.74. The van der Waals surface area contributed by atoms with Crippen LogP contribution in [0.3, 0.4) is 0 Å². The molecular formula is C13H16O6. The summed E-state index contributed by atoms with van der Waals surface area (Å²) < 4.78 is 9.59. The first-order valence-corrected chi connectivity index (χ1v) is 5.61. The molecule has 0 amide bonds. The number of hydrogen-bond acceptors (Lipinski definition) is 5. The number of carbonyl (C=O) groups excluding carboxylic acids is 1. The number of carboxylic acid groups (broad SMARTS) is 1. The maximum atomic E-state index is 11.6. The summed E-state index contributed by atoms with van der Waals surface area (Å²) in [6.45, 7) is 1.52. The van der Waals surface area contributed by atoms with Gasteiger partial charge in [-0.1, -0.05) is 6.92 Å². The van der Waals surface area contributed by atoms with Crippen molar-refractivity contribution in [3.05, 3.63) is 23.3 Å². The van der Waals surface area contributed by atoms with Gasteiger partial charge in [0.05, 0.1) is 20.1 Å². The van der Waals surface area contributed by atoms with Crippen LogP contribution >= 0.6 is 0 Å². The number of aromatic hydroxyl groups is 1. The summed E-state index contributed by atoms with van der Waals surface area (Å²) in [5, 5.41) is 18.7. The van der Waals surface area contributed by atoms with Crippen LogP contribution in [-0.4, -0.2) is 36.4 Å². The van der Waals surface area contributed by atoms with Crippen LogP contribution in [0.2, 0.25) is 0 Å².